The molecule has 4 heteroatoms. The van der Waals surface area contributed by atoms with Crippen LogP contribution in [0, 0.1) is 5.92 Å². The van der Waals surface area contributed by atoms with Crippen LogP contribution in [-0.4, -0.2) is 36.3 Å². The van der Waals surface area contributed by atoms with E-state index in [0.717, 1.165) is 44.2 Å². The number of morpholine rings is 1. The first-order valence-corrected chi connectivity index (χ1v) is 6.43. The molecule has 4 nitrogen and oxygen atoms in total. The Hall–Kier alpha value is -1.16. The standard InChI is InChI=1S/C13H21N3O/c1-3-11(2)8-12-9-13(15-10-14-12)16-4-6-17-7-5-16/h9-11H,3-8H2,1-2H3. The Kier molecular flexibility index (Phi) is 4.31. The number of nitrogens with zero attached hydrogens (tertiary/aromatic N) is 3. The van der Waals surface area contributed by atoms with Crippen molar-refractivity contribution in [2.45, 2.75) is 26.7 Å². The van der Waals surface area contributed by atoms with E-state index in [9.17, 15) is 0 Å². The van der Waals surface area contributed by atoms with Crippen LogP contribution in [0.15, 0.2) is 12.4 Å². The second-order valence-electron chi connectivity index (χ2n) is 4.68. The summed E-state index contributed by atoms with van der Waals surface area (Å²) in [5.74, 6) is 1.73. The zero-order valence-corrected chi connectivity index (χ0v) is 10.7. The van der Waals surface area contributed by atoms with Crippen molar-refractivity contribution >= 4 is 5.82 Å². The average molecular weight is 235 g/mol. The maximum absolute atomic E-state index is 5.35. The van der Waals surface area contributed by atoms with Crippen LogP contribution in [0.3, 0.4) is 0 Å². The van der Waals surface area contributed by atoms with Gasteiger partial charge in [0.1, 0.15) is 12.1 Å². The fourth-order valence-corrected chi connectivity index (χ4v) is 1.96. The predicted octanol–water partition coefficient (Wildman–Crippen LogP) is 1.90. The maximum atomic E-state index is 5.35. The molecule has 0 spiro atoms. The molecule has 1 aliphatic heterocycles. The van der Waals surface area contributed by atoms with Crippen LogP contribution in [0.4, 0.5) is 5.82 Å². The summed E-state index contributed by atoms with van der Waals surface area (Å²) < 4.78 is 5.35. The van der Waals surface area contributed by atoms with Crippen molar-refractivity contribution in [2.24, 2.45) is 5.92 Å². The summed E-state index contributed by atoms with van der Waals surface area (Å²) in [7, 11) is 0. The summed E-state index contributed by atoms with van der Waals surface area (Å²) in [4.78, 5) is 11.0. The third-order valence-electron chi connectivity index (χ3n) is 3.30. The smallest absolute Gasteiger partial charge is 0.132 e. The minimum absolute atomic E-state index is 0.683. The molecule has 0 amide bonds. The predicted molar refractivity (Wildman–Crippen MR) is 68.2 cm³/mol. The molecule has 94 valence electrons. The van der Waals surface area contributed by atoms with Crippen LogP contribution in [0.25, 0.3) is 0 Å². The summed E-state index contributed by atoms with van der Waals surface area (Å²) in [6, 6.07) is 2.12. The maximum Gasteiger partial charge on any atom is 0.132 e. The minimum Gasteiger partial charge on any atom is -0.378 e. The highest BCUT2D eigenvalue weighted by atomic mass is 16.5. The van der Waals surface area contributed by atoms with E-state index >= 15 is 0 Å². The van der Waals surface area contributed by atoms with E-state index < -0.39 is 0 Å². The molecule has 1 aliphatic rings. The van der Waals surface area contributed by atoms with E-state index in [2.05, 4.69) is 34.8 Å². The first-order valence-electron chi connectivity index (χ1n) is 6.43. The van der Waals surface area contributed by atoms with Gasteiger partial charge in [-0.05, 0) is 12.3 Å². The molecule has 1 aromatic rings. The molecule has 0 bridgehead atoms. The lowest BCUT2D eigenvalue weighted by Gasteiger charge is -2.27. The number of aromatic nitrogens is 2. The van der Waals surface area contributed by atoms with Crippen LogP contribution in [-0.2, 0) is 11.2 Å². The molecule has 1 aromatic heterocycles. The summed E-state index contributed by atoms with van der Waals surface area (Å²) in [6.45, 7) is 7.93. The molecule has 2 rings (SSSR count). The van der Waals surface area contributed by atoms with Gasteiger partial charge in [0.25, 0.3) is 0 Å². The highest BCUT2D eigenvalue weighted by Gasteiger charge is 2.13. The van der Waals surface area contributed by atoms with Gasteiger partial charge in [-0.1, -0.05) is 20.3 Å². The lowest BCUT2D eigenvalue weighted by molar-refractivity contribution is 0.122. The number of rotatable bonds is 4. The van der Waals surface area contributed by atoms with Gasteiger partial charge in [0.05, 0.1) is 13.2 Å². The third kappa shape index (κ3) is 3.40. The second-order valence-corrected chi connectivity index (χ2v) is 4.68. The number of hydrogen-bond donors (Lipinski definition) is 0. The molecule has 0 aliphatic carbocycles. The fourth-order valence-electron chi connectivity index (χ4n) is 1.96. The zero-order valence-electron chi connectivity index (χ0n) is 10.7. The normalized spacial score (nSPS) is 18.1. The lowest BCUT2D eigenvalue weighted by Crippen LogP contribution is -2.36. The van der Waals surface area contributed by atoms with Crippen LogP contribution in [0.2, 0.25) is 0 Å². The number of ether oxygens (including phenoxy) is 1. The Labute approximate surface area is 103 Å². The third-order valence-corrected chi connectivity index (χ3v) is 3.30. The number of hydrogen-bond acceptors (Lipinski definition) is 4. The Bertz CT molecular complexity index is 350. The van der Waals surface area contributed by atoms with Crippen LogP contribution < -0.4 is 4.90 Å². The van der Waals surface area contributed by atoms with Gasteiger partial charge in [0.15, 0.2) is 0 Å². The van der Waals surface area contributed by atoms with Crippen LogP contribution in [0.5, 0.6) is 0 Å². The van der Waals surface area contributed by atoms with Crippen LogP contribution >= 0.6 is 0 Å². The zero-order chi connectivity index (χ0) is 12.1. The van der Waals surface area contributed by atoms with Crippen molar-refractivity contribution in [3.05, 3.63) is 18.1 Å². The number of anilines is 1. The SMILES string of the molecule is CCC(C)Cc1cc(N2CCOCC2)ncn1. The summed E-state index contributed by atoms with van der Waals surface area (Å²) in [5, 5.41) is 0. The van der Waals surface area contributed by atoms with E-state index in [-0.39, 0.29) is 0 Å². The summed E-state index contributed by atoms with van der Waals surface area (Å²) in [6.07, 6.45) is 3.91. The minimum atomic E-state index is 0.683. The molecule has 0 N–H and O–H groups in total. The van der Waals surface area contributed by atoms with Gasteiger partial charge in [-0.15, -0.1) is 0 Å². The Morgan fingerprint density at radius 1 is 1.35 bits per heavy atom. The molecule has 1 unspecified atom stereocenters. The molecule has 0 aromatic carbocycles. The second kappa shape index (κ2) is 5.96. The summed E-state index contributed by atoms with van der Waals surface area (Å²) >= 11 is 0. The van der Waals surface area contributed by atoms with Gasteiger partial charge in [0.2, 0.25) is 0 Å². The Morgan fingerprint density at radius 3 is 2.82 bits per heavy atom. The van der Waals surface area contributed by atoms with Gasteiger partial charge < -0.3 is 9.64 Å². The largest absolute Gasteiger partial charge is 0.378 e. The van der Waals surface area contributed by atoms with Crippen molar-refractivity contribution in [1.29, 1.82) is 0 Å². The molecule has 17 heavy (non-hydrogen) atoms. The quantitative estimate of drug-likeness (QED) is 0.799. The summed E-state index contributed by atoms with van der Waals surface area (Å²) in [5.41, 5.74) is 1.15. The molecule has 1 fully saturated rings. The van der Waals surface area contributed by atoms with Gasteiger partial charge in [-0.2, -0.15) is 0 Å². The molecular weight excluding hydrogens is 214 g/mol. The fraction of sp³-hybridized carbons (Fsp3) is 0.692. The van der Waals surface area contributed by atoms with Crippen molar-refractivity contribution in [3.8, 4) is 0 Å². The van der Waals surface area contributed by atoms with Crippen LogP contribution in [0.1, 0.15) is 26.0 Å². The highest BCUT2D eigenvalue weighted by molar-refractivity contribution is 5.39. The molecule has 1 atom stereocenters. The van der Waals surface area contributed by atoms with Crippen molar-refractivity contribution in [2.75, 3.05) is 31.2 Å². The van der Waals surface area contributed by atoms with E-state index in [4.69, 9.17) is 4.74 Å². The molecular formula is C13H21N3O. The molecule has 2 heterocycles. The van der Waals surface area contributed by atoms with Gasteiger partial charge in [-0.3, -0.25) is 0 Å². The molecule has 1 saturated heterocycles. The van der Waals surface area contributed by atoms with Gasteiger partial charge in [-0.25, -0.2) is 9.97 Å². The van der Waals surface area contributed by atoms with E-state index in [1.165, 1.54) is 6.42 Å². The Morgan fingerprint density at radius 2 is 2.12 bits per heavy atom. The van der Waals surface area contributed by atoms with E-state index in [1.54, 1.807) is 6.33 Å². The average Bonchev–Trinajstić information content (AvgIpc) is 2.40. The highest BCUT2D eigenvalue weighted by Crippen LogP contribution is 2.15. The van der Waals surface area contributed by atoms with Gasteiger partial charge >= 0.3 is 0 Å². The topological polar surface area (TPSA) is 38.2 Å². The first-order chi connectivity index (χ1) is 8.29. The van der Waals surface area contributed by atoms with Crippen molar-refractivity contribution < 1.29 is 4.74 Å². The van der Waals surface area contributed by atoms with Gasteiger partial charge in [0, 0.05) is 24.8 Å². The van der Waals surface area contributed by atoms with E-state index in [0.29, 0.717) is 5.92 Å². The first kappa shape index (κ1) is 12.3. The lowest BCUT2D eigenvalue weighted by atomic mass is 10.0. The Balaban J connectivity index is 2.05. The monoisotopic (exact) mass is 235 g/mol. The van der Waals surface area contributed by atoms with Crippen molar-refractivity contribution in [1.82, 2.24) is 9.97 Å². The molecule has 0 radical (unpaired) electrons. The molecule has 0 saturated carbocycles. The van der Waals surface area contributed by atoms with E-state index in [1.807, 2.05) is 0 Å². The van der Waals surface area contributed by atoms with Crippen molar-refractivity contribution in [3.63, 3.8) is 0 Å².